The molecule has 0 aliphatic carbocycles. The number of ether oxygens (including phenoxy) is 5. The maximum atomic E-state index is 5.70. The van der Waals surface area contributed by atoms with Gasteiger partial charge in [0, 0.05) is 13.2 Å². The van der Waals surface area contributed by atoms with Crippen LogP contribution in [0.25, 0.3) is 0 Å². The van der Waals surface area contributed by atoms with Crippen molar-refractivity contribution in [2.45, 2.75) is 20.8 Å². The second-order valence-corrected chi connectivity index (χ2v) is 5.44. The van der Waals surface area contributed by atoms with Gasteiger partial charge in [0.15, 0.2) is 0 Å². The molecule has 0 aliphatic rings. The smallest absolute Gasteiger partial charge is 0.123 e. The molecular weight excluding hydrogens is 344 g/mol. The minimum absolute atomic E-state index is 0.470. The molecule has 0 bridgehead atoms. The maximum absolute atomic E-state index is 5.70. The van der Waals surface area contributed by atoms with Crippen LogP contribution < -0.4 is 14.2 Å². The molecule has 0 aromatic heterocycles. The van der Waals surface area contributed by atoms with Gasteiger partial charge in [-0.05, 0) is 31.2 Å². The lowest BCUT2D eigenvalue weighted by molar-refractivity contribution is 0.0544. The van der Waals surface area contributed by atoms with Crippen LogP contribution in [0.15, 0.2) is 48.5 Å². The first-order valence-corrected chi connectivity index (χ1v) is 9.40. The second kappa shape index (κ2) is 14.9. The molecule has 150 valence electrons. The highest BCUT2D eigenvalue weighted by Gasteiger charge is 1.99. The van der Waals surface area contributed by atoms with Crippen LogP contribution in [0.2, 0.25) is 0 Å². The molecule has 0 amide bonds. The molecule has 27 heavy (non-hydrogen) atoms. The lowest BCUT2D eigenvalue weighted by atomic mass is 10.2. The fourth-order valence-electron chi connectivity index (χ4n) is 2.07. The molecule has 0 radical (unpaired) electrons. The predicted octanol–water partition coefficient (Wildman–Crippen LogP) is 4.52. The van der Waals surface area contributed by atoms with E-state index in [1.54, 1.807) is 7.11 Å². The number of aryl methyl sites for hydroxylation is 1. The van der Waals surface area contributed by atoms with Gasteiger partial charge in [0.05, 0.1) is 19.8 Å². The monoisotopic (exact) mass is 376 g/mol. The summed E-state index contributed by atoms with van der Waals surface area (Å²) >= 11 is 0. The van der Waals surface area contributed by atoms with Gasteiger partial charge in [-0.15, -0.1) is 0 Å². The minimum Gasteiger partial charge on any atom is -0.491 e. The second-order valence-electron chi connectivity index (χ2n) is 5.44. The van der Waals surface area contributed by atoms with Crippen molar-refractivity contribution in [3.8, 4) is 17.2 Å². The zero-order valence-electron chi connectivity index (χ0n) is 16.9. The summed E-state index contributed by atoms with van der Waals surface area (Å²) in [4.78, 5) is 0. The number of benzene rings is 2. The molecule has 0 saturated heterocycles. The van der Waals surface area contributed by atoms with Gasteiger partial charge in [-0.3, -0.25) is 0 Å². The minimum atomic E-state index is 0.470. The van der Waals surface area contributed by atoms with Crippen LogP contribution in [0, 0.1) is 6.92 Å². The molecule has 0 heterocycles. The third kappa shape index (κ3) is 10.5. The van der Waals surface area contributed by atoms with E-state index >= 15 is 0 Å². The average molecular weight is 376 g/mol. The Balaban J connectivity index is 0.00000176. The van der Waals surface area contributed by atoms with Gasteiger partial charge in [0.1, 0.15) is 37.1 Å². The predicted molar refractivity (Wildman–Crippen MR) is 108 cm³/mol. The standard InChI is InChI=1S/C20H26O5.C2H6/c1-17-6-8-18(9-7-17)23-14-15-25-20-5-3-4-19(16-20)24-13-12-22-11-10-21-2;1-2/h3-9,16H,10-15H2,1-2H3;1-2H3. The molecule has 0 saturated carbocycles. The first-order valence-electron chi connectivity index (χ1n) is 9.40. The third-order valence-corrected chi connectivity index (χ3v) is 3.38. The zero-order chi connectivity index (χ0) is 19.7. The maximum Gasteiger partial charge on any atom is 0.123 e. The van der Waals surface area contributed by atoms with E-state index in [-0.39, 0.29) is 0 Å². The van der Waals surface area contributed by atoms with Crippen LogP contribution in [0.4, 0.5) is 0 Å². The molecule has 5 heteroatoms. The van der Waals surface area contributed by atoms with Crippen molar-refractivity contribution < 1.29 is 23.7 Å². The Labute approximate surface area is 163 Å². The number of hydrogen-bond donors (Lipinski definition) is 0. The van der Waals surface area contributed by atoms with E-state index in [0.29, 0.717) is 39.6 Å². The zero-order valence-corrected chi connectivity index (χ0v) is 16.9. The van der Waals surface area contributed by atoms with Gasteiger partial charge >= 0.3 is 0 Å². The van der Waals surface area contributed by atoms with Gasteiger partial charge in [0.25, 0.3) is 0 Å². The van der Waals surface area contributed by atoms with E-state index in [2.05, 4.69) is 0 Å². The molecule has 0 atom stereocenters. The summed E-state index contributed by atoms with van der Waals surface area (Å²) in [5.74, 6) is 2.36. The molecule has 0 N–H and O–H groups in total. The lowest BCUT2D eigenvalue weighted by Gasteiger charge is -2.11. The van der Waals surface area contributed by atoms with Crippen molar-refractivity contribution in [2.75, 3.05) is 46.8 Å². The van der Waals surface area contributed by atoms with Crippen LogP contribution >= 0.6 is 0 Å². The lowest BCUT2D eigenvalue weighted by Crippen LogP contribution is -2.10. The van der Waals surface area contributed by atoms with Crippen molar-refractivity contribution in [3.63, 3.8) is 0 Å². The summed E-state index contributed by atoms with van der Waals surface area (Å²) in [6.07, 6.45) is 0. The Morgan fingerprint density at radius 1 is 0.630 bits per heavy atom. The van der Waals surface area contributed by atoms with Gasteiger partial charge in [-0.1, -0.05) is 37.6 Å². The van der Waals surface area contributed by atoms with Crippen molar-refractivity contribution in [1.29, 1.82) is 0 Å². The quantitative estimate of drug-likeness (QED) is 0.510. The van der Waals surface area contributed by atoms with Crippen molar-refractivity contribution in [3.05, 3.63) is 54.1 Å². The van der Waals surface area contributed by atoms with Crippen LogP contribution in [0.5, 0.6) is 17.2 Å². The highest BCUT2D eigenvalue weighted by atomic mass is 16.5. The first-order chi connectivity index (χ1) is 13.3. The summed E-state index contributed by atoms with van der Waals surface area (Å²) < 4.78 is 27.2. The van der Waals surface area contributed by atoms with Crippen molar-refractivity contribution in [2.24, 2.45) is 0 Å². The van der Waals surface area contributed by atoms with Crippen molar-refractivity contribution >= 4 is 0 Å². The molecule has 0 spiro atoms. The Bertz CT molecular complexity index is 598. The SMILES string of the molecule is CC.COCCOCCOc1cccc(OCCOc2ccc(C)cc2)c1. The largest absolute Gasteiger partial charge is 0.491 e. The average Bonchev–Trinajstić information content (AvgIpc) is 2.71. The summed E-state index contributed by atoms with van der Waals surface area (Å²) in [6.45, 7) is 9.19. The molecule has 2 aromatic rings. The van der Waals surface area contributed by atoms with E-state index in [4.69, 9.17) is 23.7 Å². The van der Waals surface area contributed by atoms with Gasteiger partial charge in [-0.2, -0.15) is 0 Å². The Morgan fingerprint density at radius 2 is 1.15 bits per heavy atom. The fourth-order valence-corrected chi connectivity index (χ4v) is 2.07. The van der Waals surface area contributed by atoms with Crippen LogP contribution in [0.3, 0.4) is 0 Å². The van der Waals surface area contributed by atoms with E-state index < -0.39 is 0 Å². The fraction of sp³-hybridized carbons (Fsp3) is 0.455. The summed E-state index contributed by atoms with van der Waals surface area (Å²) in [5.41, 5.74) is 1.21. The number of methoxy groups -OCH3 is 1. The van der Waals surface area contributed by atoms with Crippen LogP contribution in [-0.2, 0) is 9.47 Å². The summed E-state index contributed by atoms with van der Waals surface area (Å²) in [5, 5.41) is 0. The molecule has 2 rings (SSSR count). The van der Waals surface area contributed by atoms with E-state index in [0.717, 1.165) is 17.2 Å². The molecule has 5 nitrogen and oxygen atoms in total. The van der Waals surface area contributed by atoms with Gasteiger partial charge in [0.2, 0.25) is 0 Å². The number of rotatable bonds is 12. The van der Waals surface area contributed by atoms with Crippen molar-refractivity contribution in [1.82, 2.24) is 0 Å². The van der Waals surface area contributed by atoms with Crippen LogP contribution in [0.1, 0.15) is 19.4 Å². The van der Waals surface area contributed by atoms with E-state index in [1.165, 1.54) is 5.56 Å². The third-order valence-electron chi connectivity index (χ3n) is 3.38. The summed E-state index contributed by atoms with van der Waals surface area (Å²) in [6, 6.07) is 15.5. The molecule has 0 fully saturated rings. The number of hydrogen-bond acceptors (Lipinski definition) is 5. The topological polar surface area (TPSA) is 46.2 Å². The summed E-state index contributed by atoms with van der Waals surface area (Å²) in [7, 11) is 1.65. The molecule has 2 aromatic carbocycles. The van der Waals surface area contributed by atoms with E-state index in [9.17, 15) is 0 Å². The van der Waals surface area contributed by atoms with E-state index in [1.807, 2.05) is 69.3 Å². The highest BCUT2D eigenvalue weighted by molar-refractivity contribution is 5.33. The molecule has 0 unspecified atom stereocenters. The molecule has 0 aliphatic heterocycles. The van der Waals surface area contributed by atoms with Gasteiger partial charge < -0.3 is 23.7 Å². The Morgan fingerprint density at radius 3 is 1.74 bits per heavy atom. The normalized spacial score (nSPS) is 9.93. The Hall–Kier alpha value is -2.24. The van der Waals surface area contributed by atoms with Gasteiger partial charge in [-0.25, -0.2) is 0 Å². The Kier molecular flexibility index (Phi) is 12.6. The first kappa shape index (κ1) is 22.8. The molecular formula is C22H32O5. The van der Waals surface area contributed by atoms with Crippen LogP contribution in [-0.4, -0.2) is 46.8 Å². The highest BCUT2D eigenvalue weighted by Crippen LogP contribution is 2.19.